The Labute approximate surface area is 317 Å². The van der Waals surface area contributed by atoms with Crippen LogP contribution in [0.15, 0.2) is 53.7 Å². The number of nitrogens with two attached hydrogens (primary N) is 2. The van der Waals surface area contributed by atoms with Crippen LogP contribution in [0.4, 0.5) is 5.95 Å². The van der Waals surface area contributed by atoms with E-state index in [0.717, 1.165) is 0 Å². The number of hydrogen-bond donors (Lipinski definition) is 4. The van der Waals surface area contributed by atoms with Crippen LogP contribution in [0.5, 0.6) is 5.75 Å². The minimum Gasteiger partial charge on any atom is -0.491 e. The Bertz CT molecular complexity index is 2550. The molecule has 0 atom stereocenters. The summed E-state index contributed by atoms with van der Waals surface area (Å²) in [6, 6.07) is 7.97. The van der Waals surface area contributed by atoms with Crippen molar-refractivity contribution in [3.05, 3.63) is 87.4 Å². The summed E-state index contributed by atoms with van der Waals surface area (Å²) in [7, 11) is 0. The van der Waals surface area contributed by atoms with Crippen LogP contribution < -0.4 is 26.3 Å². The lowest BCUT2D eigenvalue weighted by atomic mass is 10.1. The van der Waals surface area contributed by atoms with Gasteiger partial charge in [-0.3, -0.25) is 38.4 Å². The molecule has 0 bridgehead atoms. The molecule has 0 saturated carbocycles. The van der Waals surface area contributed by atoms with Crippen molar-refractivity contribution in [3.63, 3.8) is 0 Å². The second-order valence-corrected chi connectivity index (χ2v) is 13.4. The number of primary amides is 2. The molecule has 19 heteroatoms. The highest BCUT2D eigenvalue weighted by atomic mass is 32.1. The van der Waals surface area contributed by atoms with Crippen molar-refractivity contribution in [1.82, 2.24) is 38.7 Å². The Hall–Kier alpha value is -6.47. The number of fused-ring (bicyclic) bond motifs is 2. The van der Waals surface area contributed by atoms with Gasteiger partial charge >= 0.3 is 0 Å². The number of imidazole rings is 1. The molecule has 0 aliphatic heterocycles. The zero-order valence-corrected chi connectivity index (χ0v) is 31.5. The molecule has 4 amide bonds. The van der Waals surface area contributed by atoms with Gasteiger partial charge in [0, 0.05) is 51.0 Å². The molecule has 18 nitrogen and oxygen atoms in total. The number of thiazole rings is 1. The number of aliphatic hydroxyl groups is 1. The van der Waals surface area contributed by atoms with E-state index in [0.29, 0.717) is 68.5 Å². The van der Waals surface area contributed by atoms with E-state index in [1.54, 1.807) is 50.5 Å². The van der Waals surface area contributed by atoms with Crippen LogP contribution in [0.2, 0.25) is 0 Å². The van der Waals surface area contributed by atoms with Crippen molar-refractivity contribution in [2.45, 2.75) is 60.3 Å². The van der Waals surface area contributed by atoms with Gasteiger partial charge in [-0.1, -0.05) is 23.5 Å². The summed E-state index contributed by atoms with van der Waals surface area (Å²) < 4.78 is 13.2. The number of ether oxygens (including phenoxy) is 1. The fourth-order valence-electron chi connectivity index (χ4n) is 5.94. The van der Waals surface area contributed by atoms with Gasteiger partial charge in [-0.05, 0) is 58.0 Å². The summed E-state index contributed by atoms with van der Waals surface area (Å²) in [5.41, 5.74) is 14.8. The monoisotopic (exact) mass is 768 g/mol. The first kappa shape index (κ1) is 38.3. The number of allylic oxidation sites excluding steroid dienone is 2. The lowest BCUT2D eigenvalue weighted by Crippen LogP contribution is -2.20. The van der Waals surface area contributed by atoms with Gasteiger partial charge in [0.2, 0.25) is 17.8 Å². The zero-order valence-electron chi connectivity index (χ0n) is 30.6. The second kappa shape index (κ2) is 16.3. The van der Waals surface area contributed by atoms with Gasteiger partial charge in [0.25, 0.3) is 11.8 Å². The van der Waals surface area contributed by atoms with E-state index < -0.39 is 23.6 Å². The van der Waals surface area contributed by atoms with Crippen LogP contribution in [0.3, 0.4) is 0 Å². The normalized spacial score (nSPS) is 12.0. The highest BCUT2D eigenvalue weighted by Crippen LogP contribution is 2.31. The summed E-state index contributed by atoms with van der Waals surface area (Å²) in [5.74, 6) is -1.82. The molecule has 0 saturated heterocycles. The maximum Gasteiger partial charge on any atom is 0.297 e. The fraction of sp³-hybridized carbons (Fsp3) is 0.306. The third kappa shape index (κ3) is 8.06. The molecular weight excluding hydrogens is 729 g/mol. The van der Waals surface area contributed by atoms with Crippen molar-refractivity contribution in [1.29, 1.82) is 0 Å². The summed E-state index contributed by atoms with van der Waals surface area (Å²) >= 11 is 1.18. The summed E-state index contributed by atoms with van der Waals surface area (Å²) in [6.45, 7) is 8.69. The molecule has 6 N–H and O–H groups in total. The van der Waals surface area contributed by atoms with Gasteiger partial charge in [0.15, 0.2) is 10.4 Å². The third-order valence-corrected chi connectivity index (χ3v) is 9.49. The third-order valence-electron chi connectivity index (χ3n) is 8.48. The standard InChI is InChI=1S/C36H40N12O6S/c1-5-47-25(14-20(3)43-47)33(52)41-35-40-24-16-22(30(37)50)17-27(54-13-9-12-49)29(24)45(35)10-7-8-11-46-32-28(18-23(19-39-32)31(38)51)55-36(46)42-34(53)26-15-21(4)44-48(26)6-2/h7-8,14-19,49H,5-6,9-13H2,1-4H3,(H2,37,50)(H2,38,51)(H,40,41,52)/b8-7+,42-36-. The molecule has 5 aromatic heterocycles. The number of carbonyl (C=O) groups is 4. The van der Waals surface area contributed by atoms with E-state index >= 15 is 0 Å². The van der Waals surface area contributed by atoms with Crippen molar-refractivity contribution in [2.75, 3.05) is 18.5 Å². The molecule has 0 aliphatic rings. The lowest BCUT2D eigenvalue weighted by Gasteiger charge is -2.12. The number of aryl methyl sites for hydroxylation is 4. The second-order valence-electron chi connectivity index (χ2n) is 12.4. The van der Waals surface area contributed by atoms with E-state index in [9.17, 15) is 24.3 Å². The first-order valence-corrected chi connectivity index (χ1v) is 18.2. The maximum atomic E-state index is 13.6. The number of aliphatic hydroxyl groups excluding tert-OH is 1. The van der Waals surface area contributed by atoms with Crippen LogP contribution in [0.25, 0.3) is 21.4 Å². The Morgan fingerprint density at radius 3 is 2.22 bits per heavy atom. The molecule has 55 heavy (non-hydrogen) atoms. The molecule has 0 fully saturated rings. The van der Waals surface area contributed by atoms with Crippen LogP contribution in [0, 0.1) is 13.8 Å². The van der Waals surface area contributed by atoms with Crippen molar-refractivity contribution in [3.8, 4) is 5.75 Å². The van der Waals surface area contributed by atoms with E-state index in [2.05, 4.69) is 30.5 Å². The first-order chi connectivity index (χ1) is 26.4. The van der Waals surface area contributed by atoms with Crippen molar-refractivity contribution in [2.24, 2.45) is 16.5 Å². The lowest BCUT2D eigenvalue weighted by molar-refractivity contribution is 0.0982. The van der Waals surface area contributed by atoms with Gasteiger partial charge in [0.05, 0.1) is 33.8 Å². The summed E-state index contributed by atoms with van der Waals surface area (Å²) in [6.07, 6.45) is 5.36. The number of amides is 4. The molecule has 6 rings (SSSR count). The highest BCUT2D eigenvalue weighted by molar-refractivity contribution is 7.16. The molecular formula is C36H40N12O6S. The van der Waals surface area contributed by atoms with Gasteiger partial charge in [-0.25, -0.2) is 9.97 Å². The van der Waals surface area contributed by atoms with Crippen molar-refractivity contribution < 1.29 is 29.0 Å². The Morgan fingerprint density at radius 2 is 1.56 bits per heavy atom. The topological polar surface area (TPSA) is 245 Å². The molecule has 1 aromatic carbocycles. The minimum atomic E-state index is -0.693. The summed E-state index contributed by atoms with van der Waals surface area (Å²) in [4.78, 5) is 65.2. The number of nitrogens with one attached hydrogen (secondary N) is 1. The fourth-order valence-corrected chi connectivity index (χ4v) is 6.98. The first-order valence-electron chi connectivity index (χ1n) is 17.4. The molecule has 0 unspecified atom stereocenters. The number of pyridine rings is 1. The predicted molar refractivity (Wildman–Crippen MR) is 204 cm³/mol. The molecule has 0 spiro atoms. The molecule has 5 heterocycles. The molecule has 0 aliphatic carbocycles. The molecule has 6 aromatic rings. The van der Waals surface area contributed by atoms with Crippen LogP contribution in [0.1, 0.15) is 73.3 Å². The number of hydrogen-bond acceptors (Lipinski definition) is 11. The summed E-state index contributed by atoms with van der Waals surface area (Å²) in [5, 5.41) is 21.0. The molecule has 286 valence electrons. The zero-order chi connectivity index (χ0) is 39.4. The SMILES string of the molecule is CCn1nc(C)cc1C(=O)/N=c1\sc2cc(C(N)=O)cnc2n1C/C=C/Cn1c(NC(=O)c2cc(C)nn2CC)nc2cc(C(N)=O)cc(OCCCO)c21. The minimum absolute atomic E-state index is 0.109. The average Bonchev–Trinajstić information content (AvgIpc) is 3.92. The maximum absolute atomic E-state index is 13.6. The van der Waals surface area contributed by atoms with Crippen LogP contribution in [-0.2, 0) is 26.2 Å². The van der Waals surface area contributed by atoms with Gasteiger partial charge < -0.3 is 25.9 Å². The van der Waals surface area contributed by atoms with Gasteiger partial charge in [-0.15, -0.1) is 0 Å². The number of anilines is 1. The number of aromatic nitrogens is 8. The van der Waals surface area contributed by atoms with Gasteiger partial charge in [0.1, 0.15) is 22.7 Å². The smallest absolute Gasteiger partial charge is 0.297 e. The largest absolute Gasteiger partial charge is 0.491 e. The van der Waals surface area contributed by atoms with E-state index in [1.165, 1.54) is 29.7 Å². The molecule has 0 radical (unpaired) electrons. The number of benzene rings is 1. The van der Waals surface area contributed by atoms with E-state index in [-0.39, 0.29) is 49.1 Å². The Morgan fingerprint density at radius 1 is 0.909 bits per heavy atom. The Balaban J connectivity index is 1.41. The van der Waals surface area contributed by atoms with E-state index in [1.807, 2.05) is 26.0 Å². The highest BCUT2D eigenvalue weighted by Gasteiger charge is 2.22. The van der Waals surface area contributed by atoms with Crippen LogP contribution >= 0.6 is 11.3 Å². The van der Waals surface area contributed by atoms with Crippen LogP contribution in [-0.4, -0.2) is 80.6 Å². The average molecular weight is 769 g/mol. The quantitative estimate of drug-likeness (QED) is 0.0879. The predicted octanol–water partition coefficient (Wildman–Crippen LogP) is 2.71. The number of rotatable bonds is 15. The number of nitrogens with zero attached hydrogens (tertiary/aromatic N) is 9. The van der Waals surface area contributed by atoms with E-state index in [4.69, 9.17) is 16.2 Å². The number of carbonyl (C=O) groups excluding carboxylic acids is 4. The van der Waals surface area contributed by atoms with Crippen molar-refractivity contribution >= 4 is 62.3 Å². The Kier molecular flexibility index (Phi) is 11.3. The van der Waals surface area contributed by atoms with Gasteiger partial charge in [-0.2, -0.15) is 15.2 Å².